The normalized spacial score (nSPS) is 17.3. The number of hydrogen-bond acceptors (Lipinski definition) is 2. The first kappa shape index (κ1) is 14.1. The molecule has 0 aromatic heterocycles. The Bertz CT molecular complexity index is 490. The molecule has 2 rings (SSSR count). The van der Waals surface area contributed by atoms with E-state index < -0.39 is 5.97 Å². The largest absolute Gasteiger partial charge is 0.481 e. The first-order chi connectivity index (χ1) is 9.01. The number of halogens is 1. The van der Waals surface area contributed by atoms with Gasteiger partial charge in [0.25, 0.3) is 0 Å². The molecule has 0 atom stereocenters. The zero-order chi connectivity index (χ0) is 13.9. The van der Waals surface area contributed by atoms with Crippen LogP contribution in [0.4, 0.5) is 0 Å². The molecule has 0 heterocycles. The lowest BCUT2D eigenvalue weighted by Crippen LogP contribution is -2.24. The number of ketones is 1. The van der Waals surface area contributed by atoms with E-state index in [9.17, 15) is 9.59 Å². The van der Waals surface area contributed by atoms with Gasteiger partial charge in [0.1, 0.15) is 0 Å². The van der Waals surface area contributed by atoms with E-state index in [1.54, 1.807) is 24.3 Å². The van der Waals surface area contributed by atoms with Gasteiger partial charge in [-0.2, -0.15) is 0 Å². The molecule has 19 heavy (non-hydrogen) atoms. The number of rotatable bonds is 5. The average molecular weight is 281 g/mol. The Morgan fingerprint density at radius 2 is 1.89 bits per heavy atom. The van der Waals surface area contributed by atoms with Crippen LogP contribution in [0.2, 0.25) is 5.02 Å². The second kappa shape index (κ2) is 5.74. The summed E-state index contributed by atoms with van der Waals surface area (Å²) in [5.41, 5.74) is 0.217. The maximum atomic E-state index is 12.3. The topological polar surface area (TPSA) is 54.4 Å². The number of carbonyl (C=O) groups excluding carboxylic acids is 1. The first-order valence-electron chi connectivity index (χ1n) is 6.51. The zero-order valence-corrected chi connectivity index (χ0v) is 11.4. The van der Waals surface area contributed by atoms with Crippen molar-refractivity contribution in [2.45, 2.75) is 38.5 Å². The lowest BCUT2D eigenvalue weighted by atomic mass is 9.77. The Hall–Kier alpha value is -1.35. The molecule has 1 aliphatic carbocycles. The quantitative estimate of drug-likeness (QED) is 0.831. The molecule has 1 aliphatic rings. The average Bonchev–Trinajstić information content (AvgIpc) is 2.76. The summed E-state index contributed by atoms with van der Waals surface area (Å²) in [4.78, 5) is 23.3. The predicted octanol–water partition coefficient (Wildman–Crippen LogP) is 3.95. The Morgan fingerprint density at radius 3 is 2.47 bits per heavy atom. The van der Waals surface area contributed by atoms with E-state index in [4.69, 9.17) is 16.7 Å². The van der Waals surface area contributed by atoms with Gasteiger partial charge < -0.3 is 5.11 Å². The molecule has 3 nitrogen and oxygen atoms in total. The van der Waals surface area contributed by atoms with Gasteiger partial charge in [0.2, 0.25) is 0 Å². The molecule has 0 spiro atoms. The van der Waals surface area contributed by atoms with E-state index >= 15 is 0 Å². The third kappa shape index (κ3) is 3.57. The zero-order valence-electron chi connectivity index (χ0n) is 10.7. The molecule has 1 aromatic carbocycles. The summed E-state index contributed by atoms with van der Waals surface area (Å²) in [6.07, 6.45) is 4.06. The highest BCUT2D eigenvalue weighted by Crippen LogP contribution is 2.44. The lowest BCUT2D eigenvalue weighted by Gasteiger charge is -2.26. The van der Waals surface area contributed by atoms with Crippen LogP contribution in [0.3, 0.4) is 0 Å². The Morgan fingerprint density at radius 1 is 1.21 bits per heavy atom. The molecule has 0 amide bonds. The number of hydrogen-bond donors (Lipinski definition) is 1. The molecule has 102 valence electrons. The number of carboxylic acid groups (broad SMARTS) is 1. The van der Waals surface area contributed by atoms with E-state index in [2.05, 4.69) is 0 Å². The highest BCUT2D eigenvalue weighted by atomic mass is 35.5. The van der Waals surface area contributed by atoms with Crippen LogP contribution in [-0.4, -0.2) is 16.9 Å². The second-order valence-corrected chi connectivity index (χ2v) is 5.82. The second-order valence-electron chi connectivity index (χ2n) is 5.39. The van der Waals surface area contributed by atoms with E-state index in [1.165, 1.54) is 0 Å². The Kier molecular flexibility index (Phi) is 4.25. The number of aliphatic carboxylic acids is 1. The maximum absolute atomic E-state index is 12.3. The van der Waals surface area contributed by atoms with E-state index in [-0.39, 0.29) is 17.6 Å². The number of Topliss-reactive ketones (excluding diaryl/α,β-unsaturated/α-hetero) is 1. The molecule has 0 radical (unpaired) electrons. The molecule has 0 saturated heterocycles. The Balaban J connectivity index is 2.13. The lowest BCUT2D eigenvalue weighted by molar-refractivity contribution is -0.139. The molecule has 0 unspecified atom stereocenters. The van der Waals surface area contributed by atoms with Gasteiger partial charge in [0.15, 0.2) is 5.78 Å². The summed E-state index contributed by atoms with van der Waals surface area (Å²) >= 11 is 5.88. The number of benzene rings is 1. The van der Waals surface area contributed by atoms with E-state index in [0.29, 0.717) is 17.0 Å². The molecule has 0 aliphatic heterocycles. The monoisotopic (exact) mass is 280 g/mol. The van der Waals surface area contributed by atoms with Gasteiger partial charge in [0.05, 0.1) is 6.42 Å². The fraction of sp³-hybridized carbons (Fsp3) is 0.467. The highest BCUT2D eigenvalue weighted by molar-refractivity contribution is 6.31. The first-order valence-corrected chi connectivity index (χ1v) is 6.89. The SMILES string of the molecule is O=C(O)CC1(CC(=O)c2cccc(Cl)c2)CCCC1. The fourth-order valence-electron chi connectivity index (χ4n) is 2.97. The predicted molar refractivity (Wildman–Crippen MR) is 73.6 cm³/mol. The van der Waals surface area contributed by atoms with Crippen molar-refractivity contribution in [2.75, 3.05) is 0 Å². The molecule has 1 fully saturated rings. The van der Waals surface area contributed by atoms with Crippen molar-refractivity contribution in [1.82, 2.24) is 0 Å². The van der Waals surface area contributed by atoms with Crippen LogP contribution in [0.25, 0.3) is 0 Å². The van der Waals surface area contributed by atoms with Gasteiger partial charge in [-0.25, -0.2) is 0 Å². The summed E-state index contributed by atoms with van der Waals surface area (Å²) in [5, 5.41) is 9.57. The van der Waals surface area contributed by atoms with Gasteiger partial charge in [-0.3, -0.25) is 9.59 Å². The van der Waals surface area contributed by atoms with Crippen LogP contribution in [-0.2, 0) is 4.79 Å². The highest BCUT2D eigenvalue weighted by Gasteiger charge is 2.38. The standard InChI is InChI=1S/C15H17ClO3/c16-12-5-3-4-11(8-12)13(17)9-15(10-14(18)19)6-1-2-7-15/h3-5,8H,1-2,6-7,9-10H2,(H,18,19). The van der Waals surface area contributed by atoms with Crippen LogP contribution >= 0.6 is 11.6 Å². The summed E-state index contributed by atoms with van der Waals surface area (Å²) < 4.78 is 0. The van der Waals surface area contributed by atoms with Crippen LogP contribution < -0.4 is 0 Å². The van der Waals surface area contributed by atoms with Crippen molar-refractivity contribution in [3.8, 4) is 0 Å². The van der Waals surface area contributed by atoms with E-state index in [1.807, 2.05) is 0 Å². The van der Waals surface area contributed by atoms with Crippen LogP contribution in [0.15, 0.2) is 24.3 Å². The van der Waals surface area contributed by atoms with Crippen molar-refractivity contribution in [3.63, 3.8) is 0 Å². The summed E-state index contributed by atoms with van der Waals surface area (Å²) in [5.74, 6) is -0.827. The van der Waals surface area contributed by atoms with Gasteiger partial charge in [-0.1, -0.05) is 36.6 Å². The van der Waals surface area contributed by atoms with Crippen LogP contribution in [0.5, 0.6) is 0 Å². The van der Waals surface area contributed by atoms with Gasteiger partial charge in [0, 0.05) is 17.0 Å². The maximum Gasteiger partial charge on any atom is 0.303 e. The molecule has 1 N–H and O–H groups in total. The minimum atomic E-state index is -0.819. The minimum Gasteiger partial charge on any atom is -0.481 e. The third-order valence-corrected chi connectivity index (χ3v) is 4.11. The molecular formula is C15H17ClO3. The van der Waals surface area contributed by atoms with Crippen molar-refractivity contribution in [3.05, 3.63) is 34.9 Å². The number of carboxylic acids is 1. The number of carbonyl (C=O) groups is 2. The van der Waals surface area contributed by atoms with Crippen molar-refractivity contribution >= 4 is 23.4 Å². The van der Waals surface area contributed by atoms with Gasteiger partial charge >= 0.3 is 5.97 Å². The van der Waals surface area contributed by atoms with Crippen LogP contribution in [0, 0.1) is 5.41 Å². The summed E-state index contributed by atoms with van der Waals surface area (Å²) in [6.45, 7) is 0. The summed E-state index contributed by atoms with van der Waals surface area (Å²) in [7, 11) is 0. The smallest absolute Gasteiger partial charge is 0.303 e. The Labute approximate surface area is 117 Å². The molecular weight excluding hydrogens is 264 g/mol. The van der Waals surface area contributed by atoms with Crippen molar-refractivity contribution < 1.29 is 14.7 Å². The minimum absolute atomic E-state index is 0.00866. The molecule has 1 saturated carbocycles. The van der Waals surface area contributed by atoms with Crippen molar-refractivity contribution in [2.24, 2.45) is 5.41 Å². The summed E-state index contributed by atoms with van der Waals surface area (Å²) in [6, 6.07) is 6.85. The van der Waals surface area contributed by atoms with Gasteiger partial charge in [-0.15, -0.1) is 0 Å². The third-order valence-electron chi connectivity index (χ3n) is 3.87. The van der Waals surface area contributed by atoms with E-state index in [0.717, 1.165) is 25.7 Å². The van der Waals surface area contributed by atoms with Gasteiger partial charge in [-0.05, 0) is 30.4 Å². The fourth-order valence-corrected chi connectivity index (χ4v) is 3.16. The molecule has 1 aromatic rings. The van der Waals surface area contributed by atoms with Crippen molar-refractivity contribution in [1.29, 1.82) is 0 Å². The molecule has 0 bridgehead atoms. The van der Waals surface area contributed by atoms with Crippen LogP contribution in [0.1, 0.15) is 48.9 Å². The molecule has 4 heteroatoms.